The van der Waals surface area contributed by atoms with E-state index in [0.717, 1.165) is 34.5 Å². The van der Waals surface area contributed by atoms with Crippen LogP contribution in [0.4, 0.5) is 33.9 Å². The van der Waals surface area contributed by atoms with E-state index in [-0.39, 0.29) is 15.6 Å². The molecule has 0 radical (unpaired) electrons. The molecule has 2 atom stereocenters. The summed E-state index contributed by atoms with van der Waals surface area (Å²) in [5, 5.41) is 1.83. The SMILES string of the molecule is CC1(c2ccc(Oc3ccccc3)cc2)OC(=O)N(Nc2ccc([S+]3c4ccccc4Sc4ccccc43)cc2)C1=O.CC1(c2ccc(Oc3ccccc3)cc2)OC(=O)N(Nc2ccccc2)C1=O.FB(F)F.O=S1c2ccccc2Sc2ccccc21.S=S.[F-]. The second kappa shape index (κ2) is 30.7. The molecule has 2 N–H and O–H groups in total. The van der Waals surface area contributed by atoms with Gasteiger partial charge in [0.15, 0.2) is 14.7 Å². The predicted molar refractivity (Wildman–Crippen MR) is 352 cm³/mol. The number of anilines is 2. The molecule has 2 unspecified atom stereocenters. The Kier molecular flexibility index (Phi) is 22.4. The molecule has 14 rings (SSSR count). The Balaban J connectivity index is 0.000000171. The van der Waals surface area contributed by atoms with Gasteiger partial charge in [0.05, 0.1) is 41.8 Å². The maximum absolute atomic E-state index is 13.5. The lowest BCUT2D eigenvalue weighted by Crippen LogP contribution is -3.00. The minimum atomic E-state index is -3.67. The number of hydrogen-bond acceptors (Lipinski definition) is 15. The van der Waals surface area contributed by atoms with Crippen LogP contribution in [0.3, 0.4) is 0 Å². The average molecular weight is 1350 g/mol. The van der Waals surface area contributed by atoms with Gasteiger partial charge in [-0.1, -0.05) is 151 Å². The number of cyclic esters (lactones) is 2. The molecule has 0 aromatic heterocycles. The number of benzene rings is 10. The molecule has 0 bridgehead atoms. The van der Waals surface area contributed by atoms with Gasteiger partial charge in [0.1, 0.15) is 33.9 Å². The number of nitrogens with one attached hydrogen (secondary N) is 2. The Labute approximate surface area is 551 Å². The normalized spacial score (nSPS) is 16.5. The highest BCUT2D eigenvalue weighted by Gasteiger charge is 2.54. The molecule has 0 aliphatic carbocycles. The van der Waals surface area contributed by atoms with Crippen LogP contribution in [-0.4, -0.2) is 45.8 Å². The second-order valence-electron chi connectivity index (χ2n) is 19.9. The third-order valence-electron chi connectivity index (χ3n) is 14.0. The zero-order chi connectivity index (χ0) is 64.1. The number of ether oxygens (including phenoxy) is 4. The molecule has 0 spiro atoms. The van der Waals surface area contributed by atoms with Gasteiger partial charge in [-0.2, -0.15) is 0 Å². The highest BCUT2D eigenvalue weighted by molar-refractivity contribution is 8.07. The third-order valence-corrected chi connectivity index (χ3v) is 20.6. The number of para-hydroxylation sites is 3. The van der Waals surface area contributed by atoms with Gasteiger partial charge in [-0.05, 0) is 147 Å². The van der Waals surface area contributed by atoms with E-state index in [2.05, 4.69) is 81.8 Å². The number of fused-ring (bicyclic) bond motifs is 4. The summed E-state index contributed by atoms with van der Waals surface area (Å²) in [6.45, 7) is 3.18. The quantitative estimate of drug-likeness (QED) is 0.0717. The van der Waals surface area contributed by atoms with Crippen molar-refractivity contribution in [1.82, 2.24) is 10.0 Å². The lowest BCUT2D eigenvalue weighted by Gasteiger charge is -2.21. The molecule has 13 nitrogen and oxygen atoms in total. The van der Waals surface area contributed by atoms with Gasteiger partial charge in [0.2, 0.25) is 11.2 Å². The van der Waals surface area contributed by atoms with Crippen molar-refractivity contribution in [1.29, 1.82) is 0 Å². The summed E-state index contributed by atoms with van der Waals surface area (Å²) in [6.07, 6.45) is -1.51. The number of hydrogen-bond donors (Lipinski definition) is 2. The van der Waals surface area contributed by atoms with Gasteiger partial charge in [0, 0.05) is 43.3 Å². The molecule has 4 heterocycles. The fourth-order valence-electron chi connectivity index (χ4n) is 9.56. The number of carbonyl (C=O) groups excluding carboxylic acids is 4. The van der Waals surface area contributed by atoms with Crippen LogP contribution < -0.4 is 25.0 Å². The fourth-order valence-corrected chi connectivity index (χ4v) is 16.0. The smallest absolute Gasteiger partial charge is 0.762 e. The predicted octanol–water partition coefficient (Wildman–Crippen LogP) is 14.2. The van der Waals surface area contributed by atoms with E-state index in [1.807, 2.05) is 140 Å². The van der Waals surface area contributed by atoms with E-state index in [1.165, 1.54) is 19.6 Å². The molecule has 10 aromatic rings. The second-order valence-corrected chi connectivity index (χ2v) is 25.4. The number of nitrogens with zero attached hydrogens (tertiary/aromatic N) is 2. The molecule has 464 valence electrons. The molecule has 4 aliphatic rings. The largest absolute Gasteiger partial charge is 1.00 e. The van der Waals surface area contributed by atoms with Crippen molar-refractivity contribution in [2.75, 3.05) is 10.9 Å². The summed E-state index contributed by atoms with van der Waals surface area (Å²) in [5.74, 6) is 1.67. The zero-order valence-electron chi connectivity index (χ0n) is 48.4. The monoisotopic (exact) mass is 1350 g/mol. The van der Waals surface area contributed by atoms with E-state index >= 15 is 0 Å². The topological polar surface area (TPSA) is 153 Å². The Hall–Kier alpha value is -9.30. The maximum atomic E-state index is 13.5. The molecule has 2 saturated heterocycles. The highest BCUT2D eigenvalue weighted by atomic mass is 32.8. The van der Waals surface area contributed by atoms with Crippen LogP contribution in [0.15, 0.2) is 305 Å². The highest BCUT2D eigenvalue weighted by Crippen LogP contribution is 2.49. The van der Waals surface area contributed by atoms with E-state index < -0.39 is 53.5 Å². The summed E-state index contributed by atoms with van der Waals surface area (Å²) >= 11 is 10.8. The first kappa shape index (κ1) is 67.1. The molecule has 92 heavy (non-hydrogen) atoms. The lowest BCUT2D eigenvalue weighted by molar-refractivity contribution is -0.136. The number of imide groups is 2. The summed E-state index contributed by atoms with van der Waals surface area (Å²) in [4.78, 5) is 61.9. The minimum Gasteiger partial charge on any atom is -1.00 e. The summed E-state index contributed by atoms with van der Waals surface area (Å²) in [6, 6.07) is 82.3. The maximum Gasteiger partial charge on any atom is 0.762 e. The number of carbonyl (C=O) groups is 4. The van der Waals surface area contributed by atoms with Crippen LogP contribution in [0.25, 0.3) is 0 Å². The molecule has 4 aliphatic heterocycles. The summed E-state index contributed by atoms with van der Waals surface area (Å²) in [7, 11) is -4.95. The number of halogens is 4. The van der Waals surface area contributed by atoms with Crippen LogP contribution >= 0.6 is 23.5 Å². The van der Waals surface area contributed by atoms with Crippen molar-refractivity contribution in [2.24, 2.45) is 0 Å². The van der Waals surface area contributed by atoms with Gasteiger partial charge in [-0.15, -0.1) is 10.0 Å². The standard InChI is InChI=1S/C34H25N2O4S2.C22H18N2O4.C12H8OS2.BF3.FH.S2/c1-34(23-15-19-26(20-16-23)39-25-9-3-2-4-10-25)32(37)36(33(38)40-34)35-24-17-21-27(22-18-24)42-30-13-7-5-11-28(30)41-29-12-6-8-14-31(29)42;1-22(16-12-14-19(15-13-16)27-18-10-6-3-7-11-18)20(25)24(21(26)28-22)23-17-8-4-2-5-9-17;13-15-11-7-3-1-5-9(11)14-10-6-2-4-8-12(10)15;2-1(3)4;;1-2/h2-22,35H,1H3;2-15,23H,1H3;1-8H;;1H;/q+1;;;;;/p-1. The number of hydrazine groups is 2. The molecular formula is C68H51BF4N4O9S6. The van der Waals surface area contributed by atoms with E-state index in [9.17, 15) is 36.3 Å². The third kappa shape index (κ3) is 15.4. The van der Waals surface area contributed by atoms with Crippen LogP contribution in [0.2, 0.25) is 0 Å². The van der Waals surface area contributed by atoms with E-state index in [0.29, 0.717) is 45.5 Å². The summed E-state index contributed by atoms with van der Waals surface area (Å²) in [5.41, 5.74) is 5.21. The van der Waals surface area contributed by atoms with E-state index in [4.69, 9.17) is 18.9 Å². The fraction of sp³-hybridized carbons (Fsp3) is 0.0588. The van der Waals surface area contributed by atoms with Crippen molar-refractivity contribution in [3.8, 4) is 23.0 Å². The van der Waals surface area contributed by atoms with Crippen molar-refractivity contribution < 1.29 is 60.0 Å². The lowest BCUT2D eigenvalue weighted by atomic mass is 9.95. The van der Waals surface area contributed by atoms with Gasteiger partial charge < -0.3 is 23.7 Å². The van der Waals surface area contributed by atoms with Gasteiger partial charge >= 0.3 is 19.7 Å². The van der Waals surface area contributed by atoms with Crippen LogP contribution in [-0.2, 0) is 74.3 Å². The summed E-state index contributed by atoms with van der Waals surface area (Å²) < 4.78 is 63.9. The molecular weight excluding hydrogens is 1300 g/mol. The first-order chi connectivity index (χ1) is 44.1. The Morgan fingerprint density at radius 3 is 1.16 bits per heavy atom. The van der Waals surface area contributed by atoms with Gasteiger partial charge in [0.25, 0.3) is 11.8 Å². The Morgan fingerprint density at radius 1 is 0.446 bits per heavy atom. The van der Waals surface area contributed by atoms with Crippen molar-refractivity contribution >= 4 is 111 Å². The van der Waals surface area contributed by atoms with Crippen molar-refractivity contribution in [3.05, 3.63) is 272 Å². The van der Waals surface area contributed by atoms with Crippen LogP contribution in [0.1, 0.15) is 25.0 Å². The minimum absolute atomic E-state index is 0. The molecule has 10 aromatic carbocycles. The Bertz CT molecular complexity index is 4150. The first-order valence-electron chi connectivity index (χ1n) is 27.6. The van der Waals surface area contributed by atoms with Crippen molar-refractivity contribution in [3.63, 3.8) is 0 Å². The van der Waals surface area contributed by atoms with Gasteiger partial charge in [-0.25, -0.2) is 13.8 Å². The molecule has 24 heteroatoms. The zero-order valence-corrected chi connectivity index (χ0v) is 53.3. The first-order valence-corrected chi connectivity index (χ1v) is 33.0. The van der Waals surface area contributed by atoms with Crippen LogP contribution in [0, 0.1) is 0 Å². The number of rotatable bonds is 11. The van der Waals surface area contributed by atoms with Crippen molar-refractivity contribution in [2.45, 2.75) is 69.1 Å². The number of amides is 4. The molecule has 0 saturated carbocycles. The molecule has 4 amide bonds. The van der Waals surface area contributed by atoms with Gasteiger partial charge in [-0.3, -0.25) is 33.4 Å². The van der Waals surface area contributed by atoms with Crippen LogP contribution in [0.5, 0.6) is 23.0 Å². The Morgan fingerprint density at radius 2 is 0.761 bits per heavy atom. The molecule has 2 fully saturated rings. The average Bonchev–Trinajstić information content (AvgIpc) is 1.41. The van der Waals surface area contributed by atoms with E-state index in [1.54, 1.807) is 110 Å².